The minimum absolute atomic E-state index is 0.231. The van der Waals surface area contributed by atoms with E-state index in [0.717, 1.165) is 6.42 Å². The first-order valence-corrected chi connectivity index (χ1v) is 7.77. The van der Waals surface area contributed by atoms with E-state index in [2.05, 4.69) is 49.1 Å². The molecule has 0 spiro atoms. The number of hydrogen-bond donors (Lipinski definition) is 1. The monoisotopic (exact) mass is 260 g/mol. The highest BCUT2D eigenvalue weighted by Gasteiger charge is 2.35. The quantitative estimate of drug-likeness (QED) is 0.897. The molecule has 0 saturated carbocycles. The second kappa shape index (κ2) is 6.53. The van der Waals surface area contributed by atoms with E-state index in [1.165, 1.54) is 44.3 Å². The van der Waals surface area contributed by atoms with Crippen LogP contribution in [0.3, 0.4) is 0 Å². The summed E-state index contributed by atoms with van der Waals surface area (Å²) in [6.07, 6.45) is 6.36. The largest absolute Gasteiger partial charge is 0.320 e. The summed E-state index contributed by atoms with van der Waals surface area (Å²) in [6.45, 7) is 6.92. The van der Waals surface area contributed by atoms with Crippen LogP contribution in [0, 0.1) is 0 Å². The number of rotatable bonds is 4. The summed E-state index contributed by atoms with van der Waals surface area (Å²) in [7, 11) is 0. The lowest BCUT2D eigenvalue weighted by Gasteiger charge is -2.42. The van der Waals surface area contributed by atoms with Crippen LogP contribution in [0.2, 0.25) is 0 Å². The molecule has 1 saturated heterocycles. The number of hydrogen-bond acceptors (Lipinski definition) is 2. The van der Waals surface area contributed by atoms with Gasteiger partial charge in [-0.3, -0.25) is 4.90 Å². The van der Waals surface area contributed by atoms with Crippen molar-refractivity contribution in [3.63, 3.8) is 0 Å². The number of nitrogens with zero attached hydrogens (tertiary/aromatic N) is 1. The van der Waals surface area contributed by atoms with Gasteiger partial charge in [-0.05, 0) is 44.8 Å². The van der Waals surface area contributed by atoms with Crippen molar-refractivity contribution >= 4 is 0 Å². The van der Waals surface area contributed by atoms with Crippen LogP contribution in [0.4, 0.5) is 0 Å². The molecule has 1 aliphatic rings. The lowest BCUT2D eigenvalue weighted by molar-refractivity contribution is 0.131. The van der Waals surface area contributed by atoms with Crippen LogP contribution >= 0.6 is 0 Å². The molecule has 2 unspecified atom stereocenters. The van der Waals surface area contributed by atoms with Gasteiger partial charge in [-0.1, -0.05) is 50.1 Å². The Balaban J connectivity index is 2.19. The average Bonchev–Trinajstić information content (AvgIpc) is 2.75. The van der Waals surface area contributed by atoms with Crippen molar-refractivity contribution in [1.29, 1.82) is 0 Å². The van der Waals surface area contributed by atoms with Crippen molar-refractivity contribution in [1.82, 2.24) is 4.90 Å². The third-order valence-corrected chi connectivity index (χ3v) is 4.83. The van der Waals surface area contributed by atoms with E-state index in [-0.39, 0.29) is 5.54 Å². The Morgan fingerprint density at radius 3 is 2.21 bits per heavy atom. The predicted octanol–water partition coefficient (Wildman–Crippen LogP) is 3.52. The fourth-order valence-corrected chi connectivity index (χ4v) is 3.30. The summed E-state index contributed by atoms with van der Waals surface area (Å²) in [6, 6.07) is 11.0. The van der Waals surface area contributed by atoms with Gasteiger partial charge >= 0.3 is 0 Å². The molecular formula is C17H28N2. The van der Waals surface area contributed by atoms with E-state index in [1.54, 1.807) is 0 Å². The van der Waals surface area contributed by atoms with Crippen LogP contribution in [-0.4, -0.2) is 24.0 Å². The van der Waals surface area contributed by atoms with Gasteiger partial charge in [0.2, 0.25) is 0 Å². The summed E-state index contributed by atoms with van der Waals surface area (Å²) < 4.78 is 0. The summed E-state index contributed by atoms with van der Waals surface area (Å²) in [5, 5.41) is 0. The second-order valence-electron chi connectivity index (χ2n) is 5.89. The van der Waals surface area contributed by atoms with E-state index in [4.69, 9.17) is 5.73 Å². The van der Waals surface area contributed by atoms with E-state index in [1.807, 2.05) is 0 Å². The Labute approximate surface area is 118 Å². The molecule has 2 heteroatoms. The topological polar surface area (TPSA) is 29.3 Å². The molecule has 0 aliphatic carbocycles. The maximum atomic E-state index is 6.80. The molecule has 0 radical (unpaired) electrons. The van der Waals surface area contributed by atoms with Crippen LogP contribution < -0.4 is 5.73 Å². The molecule has 19 heavy (non-hydrogen) atoms. The Bertz CT molecular complexity index is 368. The fourth-order valence-electron chi connectivity index (χ4n) is 3.30. The van der Waals surface area contributed by atoms with Crippen molar-refractivity contribution in [2.75, 3.05) is 13.1 Å². The van der Waals surface area contributed by atoms with Crippen LogP contribution in [-0.2, 0) is 5.54 Å². The van der Waals surface area contributed by atoms with Crippen molar-refractivity contribution in [3.05, 3.63) is 35.9 Å². The zero-order valence-electron chi connectivity index (χ0n) is 12.4. The number of likely N-dealkylation sites (tertiary alicyclic amines) is 1. The zero-order chi connectivity index (χ0) is 13.7. The minimum atomic E-state index is -0.231. The highest BCUT2D eigenvalue weighted by molar-refractivity contribution is 5.26. The van der Waals surface area contributed by atoms with Crippen LogP contribution in [0.15, 0.2) is 30.3 Å². The number of nitrogens with two attached hydrogens (primary N) is 1. The lowest BCUT2D eigenvalue weighted by atomic mass is 9.81. The van der Waals surface area contributed by atoms with E-state index >= 15 is 0 Å². The van der Waals surface area contributed by atoms with Crippen molar-refractivity contribution in [2.24, 2.45) is 5.73 Å². The van der Waals surface area contributed by atoms with Crippen molar-refractivity contribution in [3.8, 4) is 0 Å². The van der Waals surface area contributed by atoms with Gasteiger partial charge in [0.1, 0.15) is 0 Å². The molecule has 1 aliphatic heterocycles. The van der Waals surface area contributed by atoms with Crippen molar-refractivity contribution in [2.45, 2.75) is 57.5 Å². The summed E-state index contributed by atoms with van der Waals surface area (Å²) in [4.78, 5) is 2.60. The highest BCUT2D eigenvalue weighted by Crippen LogP contribution is 2.30. The first-order chi connectivity index (χ1) is 9.18. The molecule has 1 heterocycles. The van der Waals surface area contributed by atoms with Gasteiger partial charge < -0.3 is 5.73 Å². The molecule has 106 valence electrons. The summed E-state index contributed by atoms with van der Waals surface area (Å²) in [5.41, 5.74) is 7.84. The smallest absolute Gasteiger partial charge is 0.0561 e. The molecule has 2 N–H and O–H groups in total. The minimum Gasteiger partial charge on any atom is -0.320 e. The van der Waals surface area contributed by atoms with Crippen molar-refractivity contribution < 1.29 is 0 Å². The normalized spacial score (nSPS) is 22.5. The van der Waals surface area contributed by atoms with Crippen LogP contribution in [0.1, 0.15) is 51.5 Å². The van der Waals surface area contributed by atoms with E-state index in [0.29, 0.717) is 6.04 Å². The maximum absolute atomic E-state index is 6.80. The van der Waals surface area contributed by atoms with Gasteiger partial charge in [0, 0.05) is 6.04 Å². The first-order valence-electron chi connectivity index (χ1n) is 7.77. The van der Waals surface area contributed by atoms with Crippen LogP contribution in [0.25, 0.3) is 0 Å². The third kappa shape index (κ3) is 3.18. The molecule has 0 bridgehead atoms. The van der Waals surface area contributed by atoms with Gasteiger partial charge in [-0.2, -0.15) is 0 Å². The fraction of sp³-hybridized carbons (Fsp3) is 0.647. The predicted molar refractivity (Wildman–Crippen MR) is 82.1 cm³/mol. The SMILES string of the molecule is CCC(N)(c1ccccc1)C(C)N1CCCCCC1. The Morgan fingerprint density at radius 1 is 1.11 bits per heavy atom. The van der Waals surface area contributed by atoms with Gasteiger partial charge in [-0.15, -0.1) is 0 Å². The Morgan fingerprint density at radius 2 is 1.68 bits per heavy atom. The molecule has 0 aromatic heterocycles. The van der Waals surface area contributed by atoms with E-state index < -0.39 is 0 Å². The van der Waals surface area contributed by atoms with Gasteiger partial charge in [-0.25, -0.2) is 0 Å². The molecule has 2 rings (SSSR count). The molecule has 2 atom stereocenters. The Kier molecular flexibility index (Phi) is 5.00. The van der Waals surface area contributed by atoms with Gasteiger partial charge in [0.05, 0.1) is 5.54 Å². The molecule has 1 aromatic carbocycles. The Hall–Kier alpha value is -0.860. The summed E-state index contributed by atoms with van der Waals surface area (Å²) in [5.74, 6) is 0. The summed E-state index contributed by atoms with van der Waals surface area (Å²) >= 11 is 0. The first kappa shape index (κ1) is 14.5. The maximum Gasteiger partial charge on any atom is 0.0561 e. The molecular weight excluding hydrogens is 232 g/mol. The second-order valence-corrected chi connectivity index (χ2v) is 5.89. The molecule has 0 amide bonds. The molecule has 1 fully saturated rings. The third-order valence-electron chi connectivity index (χ3n) is 4.83. The standard InChI is InChI=1S/C17H28N2/c1-3-17(18,16-11-7-6-8-12-16)15(2)19-13-9-4-5-10-14-19/h6-8,11-12,15H,3-5,9-10,13-14,18H2,1-2H3. The molecule has 2 nitrogen and oxygen atoms in total. The van der Waals surface area contributed by atoms with Gasteiger partial charge in [0.15, 0.2) is 0 Å². The van der Waals surface area contributed by atoms with Crippen LogP contribution in [0.5, 0.6) is 0 Å². The highest BCUT2D eigenvalue weighted by atomic mass is 15.2. The molecule has 1 aromatic rings. The zero-order valence-corrected chi connectivity index (χ0v) is 12.4. The van der Waals surface area contributed by atoms with E-state index in [9.17, 15) is 0 Å². The van der Waals surface area contributed by atoms with Gasteiger partial charge in [0.25, 0.3) is 0 Å². The lowest BCUT2D eigenvalue weighted by Crippen LogP contribution is -2.54. The average molecular weight is 260 g/mol. The number of benzene rings is 1.